The number of benzene rings is 1. The molecular formula is C12H15BrN2O2. The van der Waals surface area contributed by atoms with E-state index in [2.05, 4.69) is 27.3 Å². The average molecular weight is 299 g/mol. The van der Waals surface area contributed by atoms with Gasteiger partial charge in [0.05, 0.1) is 30.0 Å². The molecule has 0 amide bonds. The molecule has 0 aliphatic carbocycles. The van der Waals surface area contributed by atoms with Crippen LogP contribution in [0, 0.1) is 11.3 Å². The Labute approximate surface area is 109 Å². The van der Waals surface area contributed by atoms with Gasteiger partial charge in [-0.1, -0.05) is 22.9 Å². The SMILES string of the molecule is CCC(CO)(CO)Nc1ccc(Br)cc1C#N. The fourth-order valence-corrected chi connectivity index (χ4v) is 1.81. The van der Waals surface area contributed by atoms with Gasteiger partial charge in [0, 0.05) is 4.47 Å². The van der Waals surface area contributed by atoms with E-state index < -0.39 is 5.54 Å². The Balaban J connectivity index is 3.06. The summed E-state index contributed by atoms with van der Waals surface area (Å²) in [6.45, 7) is 1.48. The molecule has 92 valence electrons. The Kier molecular flexibility index (Phi) is 4.94. The van der Waals surface area contributed by atoms with Crippen LogP contribution in [0.2, 0.25) is 0 Å². The summed E-state index contributed by atoms with van der Waals surface area (Å²) in [6, 6.07) is 7.32. The van der Waals surface area contributed by atoms with Crippen LogP contribution in [0.25, 0.3) is 0 Å². The van der Waals surface area contributed by atoms with E-state index in [9.17, 15) is 10.2 Å². The first-order valence-electron chi connectivity index (χ1n) is 5.30. The molecule has 0 spiro atoms. The third-order valence-corrected chi connectivity index (χ3v) is 3.28. The van der Waals surface area contributed by atoms with Gasteiger partial charge in [-0.05, 0) is 24.6 Å². The lowest BCUT2D eigenvalue weighted by Gasteiger charge is -2.31. The van der Waals surface area contributed by atoms with Crippen molar-refractivity contribution in [1.29, 1.82) is 5.26 Å². The Bertz CT molecular complexity index is 417. The Morgan fingerprint density at radius 1 is 1.41 bits per heavy atom. The fourth-order valence-electron chi connectivity index (χ4n) is 1.44. The van der Waals surface area contributed by atoms with Crippen molar-refractivity contribution < 1.29 is 10.2 Å². The van der Waals surface area contributed by atoms with Crippen LogP contribution in [0.5, 0.6) is 0 Å². The number of hydrogen-bond acceptors (Lipinski definition) is 4. The van der Waals surface area contributed by atoms with Gasteiger partial charge in [0.2, 0.25) is 0 Å². The second kappa shape index (κ2) is 6.01. The van der Waals surface area contributed by atoms with Crippen molar-refractivity contribution in [2.45, 2.75) is 18.9 Å². The van der Waals surface area contributed by atoms with Gasteiger partial charge in [-0.2, -0.15) is 5.26 Å². The van der Waals surface area contributed by atoms with Gasteiger partial charge >= 0.3 is 0 Å². The summed E-state index contributed by atoms with van der Waals surface area (Å²) in [5, 5.41) is 30.7. The molecule has 0 bridgehead atoms. The normalized spacial score (nSPS) is 11.0. The van der Waals surface area contributed by atoms with E-state index in [1.54, 1.807) is 18.2 Å². The van der Waals surface area contributed by atoms with Crippen molar-refractivity contribution in [3.8, 4) is 6.07 Å². The Morgan fingerprint density at radius 2 is 2.06 bits per heavy atom. The maximum Gasteiger partial charge on any atom is 0.101 e. The minimum Gasteiger partial charge on any atom is -0.394 e. The number of nitrogens with one attached hydrogen (secondary N) is 1. The molecule has 17 heavy (non-hydrogen) atoms. The van der Waals surface area contributed by atoms with Crippen LogP contribution in [0.4, 0.5) is 5.69 Å². The maximum atomic E-state index is 9.34. The lowest BCUT2D eigenvalue weighted by molar-refractivity contribution is 0.132. The van der Waals surface area contributed by atoms with Crippen molar-refractivity contribution in [2.24, 2.45) is 0 Å². The average Bonchev–Trinajstić information content (AvgIpc) is 2.37. The number of nitriles is 1. The van der Waals surface area contributed by atoms with E-state index in [0.29, 0.717) is 17.7 Å². The van der Waals surface area contributed by atoms with Crippen molar-refractivity contribution in [2.75, 3.05) is 18.5 Å². The number of aliphatic hydroxyl groups is 2. The summed E-state index contributed by atoms with van der Waals surface area (Å²) < 4.78 is 0.815. The molecule has 0 saturated heterocycles. The minimum atomic E-state index is -0.792. The van der Waals surface area contributed by atoms with E-state index in [4.69, 9.17) is 5.26 Å². The van der Waals surface area contributed by atoms with E-state index >= 15 is 0 Å². The molecule has 3 N–H and O–H groups in total. The van der Waals surface area contributed by atoms with Gasteiger partial charge in [0.25, 0.3) is 0 Å². The number of nitrogens with zero attached hydrogens (tertiary/aromatic N) is 1. The van der Waals surface area contributed by atoms with Gasteiger partial charge in [-0.3, -0.25) is 0 Å². The quantitative estimate of drug-likeness (QED) is 0.776. The zero-order valence-electron chi connectivity index (χ0n) is 9.57. The molecule has 0 aliphatic heterocycles. The predicted molar refractivity (Wildman–Crippen MR) is 69.7 cm³/mol. The van der Waals surface area contributed by atoms with Crippen LogP contribution >= 0.6 is 15.9 Å². The molecule has 0 unspecified atom stereocenters. The fraction of sp³-hybridized carbons (Fsp3) is 0.417. The van der Waals surface area contributed by atoms with Crippen LogP contribution in [-0.2, 0) is 0 Å². The zero-order valence-corrected chi connectivity index (χ0v) is 11.2. The molecule has 1 aromatic carbocycles. The number of hydrogen-bond donors (Lipinski definition) is 3. The maximum absolute atomic E-state index is 9.34. The van der Waals surface area contributed by atoms with E-state index in [1.807, 2.05) is 6.92 Å². The first-order chi connectivity index (χ1) is 8.10. The molecule has 0 atom stereocenters. The topological polar surface area (TPSA) is 76.3 Å². The molecule has 0 radical (unpaired) electrons. The molecule has 5 heteroatoms. The third kappa shape index (κ3) is 3.19. The lowest BCUT2D eigenvalue weighted by Crippen LogP contribution is -2.45. The van der Waals surface area contributed by atoms with Crippen LogP contribution < -0.4 is 5.32 Å². The molecule has 0 saturated carbocycles. The number of rotatable bonds is 5. The molecule has 0 aliphatic rings. The van der Waals surface area contributed by atoms with Crippen LogP contribution in [0.3, 0.4) is 0 Å². The predicted octanol–water partition coefficient (Wildman–Crippen LogP) is 1.87. The van der Waals surface area contributed by atoms with Crippen LogP contribution in [-0.4, -0.2) is 29.0 Å². The summed E-state index contributed by atoms with van der Waals surface area (Å²) in [5.74, 6) is 0. The largest absolute Gasteiger partial charge is 0.394 e. The molecule has 0 aromatic heterocycles. The first-order valence-corrected chi connectivity index (χ1v) is 6.09. The molecule has 4 nitrogen and oxygen atoms in total. The number of anilines is 1. The first kappa shape index (κ1) is 14.0. The summed E-state index contributed by atoms with van der Waals surface area (Å²) in [5.41, 5.74) is 0.291. The molecule has 0 fully saturated rings. The summed E-state index contributed by atoms with van der Waals surface area (Å²) >= 11 is 3.29. The zero-order chi connectivity index (χ0) is 12.9. The van der Waals surface area contributed by atoms with Gasteiger partial charge in [-0.15, -0.1) is 0 Å². The van der Waals surface area contributed by atoms with E-state index in [1.165, 1.54) is 0 Å². The second-order valence-electron chi connectivity index (χ2n) is 3.88. The summed E-state index contributed by atoms with van der Waals surface area (Å²) in [6.07, 6.45) is 0.556. The summed E-state index contributed by atoms with van der Waals surface area (Å²) in [7, 11) is 0. The van der Waals surface area contributed by atoms with Crippen LogP contribution in [0.15, 0.2) is 22.7 Å². The number of halogens is 1. The highest BCUT2D eigenvalue weighted by Gasteiger charge is 2.27. The van der Waals surface area contributed by atoms with Crippen molar-refractivity contribution in [1.82, 2.24) is 0 Å². The Morgan fingerprint density at radius 3 is 2.53 bits per heavy atom. The monoisotopic (exact) mass is 298 g/mol. The van der Waals surface area contributed by atoms with Crippen molar-refractivity contribution in [3.05, 3.63) is 28.2 Å². The van der Waals surface area contributed by atoms with Crippen molar-refractivity contribution in [3.63, 3.8) is 0 Å². The highest BCUT2D eigenvalue weighted by Crippen LogP contribution is 2.24. The van der Waals surface area contributed by atoms with Gasteiger partial charge in [-0.25, -0.2) is 0 Å². The highest BCUT2D eigenvalue weighted by atomic mass is 79.9. The highest BCUT2D eigenvalue weighted by molar-refractivity contribution is 9.10. The number of aliphatic hydroxyl groups excluding tert-OH is 2. The molecular weight excluding hydrogens is 284 g/mol. The molecule has 0 heterocycles. The minimum absolute atomic E-state index is 0.194. The molecule has 1 rings (SSSR count). The lowest BCUT2D eigenvalue weighted by atomic mass is 9.97. The standard InChI is InChI=1S/C12H15BrN2O2/c1-2-12(7-16,8-17)15-11-4-3-10(13)5-9(11)6-14/h3-5,15-17H,2,7-8H2,1H3. The van der Waals surface area contributed by atoms with E-state index in [-0.39, 0.29) is 13.2 Å². The van der Waals surface area contributed by atoms with E-state index in [0.717, 1.165) is 4.47 Å². The second-order valence-corrected chi connectivity index (χ2v) is 4.79. The van der Waals surface area contributed by atoms with Crippen molar-refractivity contribution >= 4 is 21.6 Å². The van der Waals surface area contributed by atoms with Gasteiger partial charge < -0.3 is 15.5 Å². The van der Waals surface area contributed by atoms with Gasteiger partial charge in [0.1, 0.15) is 6.07 Å². The van der Waals surface area contributed by atoms with Gasteiger partial charge in [0.15, 0.2) is 0 Å². The van der Waals surface area contributed by atoms with Crippen LogP contribution in [0.1, 0.15) is 18.9 Å². The molecule has 1 aromatic rings. The summed E-state index contributed by atoms with van der Waals surface area (Å²) in [4.78, 5) is 0. The Hall–Kier alpha value is -1.09. The smallest absolute Gasteiger partial charge is 0.101 e. The third-order valence-electron chi connectivity index (χ3n) is 2.78.